The molecule has 1 unspecified atom stereocenters. The summed E-state index contributed by atoms with van der Waals surface area (Å²) >= 11 is 11.4. The standard InChI is InChI=1S/C14H15BrClNS/c1-2-13(14-4-3-7-18-14)17-9-10-5-6-11(15)8-12(10)16/h3-8,13,17H,2,9H2,1H3. The van der Waals surface area contributed by atoms with Gasteiger partial charge in [-0.25, -0.2) is 0 Å². The van der Waals surface area contributed by atoms with Crippen LogP contribution in [-0.4, -0.2) is 0 Å². The SMILES string of the molecule is CCC(NCc1ccc(Br)cc1Cl)c1cccs1. The number of benzene rings is 1. The van der Waals surface area contributed by atoms with Crippen molar-refractivity contribution in [2.24, 2.45) is 0 Å². The van der Waals surface area contributed by atoms with Crippen molar-refractivity contribution in [2.75, 3.05) is 0 Å². The Bertz CT molecular complexity index is 499. The van der Waals surface area contributed by atoms with E-state index in [1.165, 1.54) is 4.88 Å². The van der Waals surface area contributed by atoms with E-state index in [1.54, 1.807) is 11.3 Å². The monoisotopic (exact) mass is 343 g/mol. The summed E-state index contributed by atoms with van der Waals surface area (Å²) < 4.78 is 1.02. The van der Waals surface area contributed by atoms with Crippen LogP contribution in [0.3, 0.4) is 0 Å². The predicted octanol–water partition coefficient (Wildman–Crippen LogP) is 5.40. The molecular weight excluding hydrogens is 330 g/mol. The van der Waals surface area contributed by atoms with Gasteiger partial charge in [-0.3, -0.25) is 0 Å². The van der Waals surface area contributed by atoms with Crippen LogP contribution in [0.1, 0.15) is 29.8 Å². The number of nitrogens with one attached hydrogen (secondary N) is 1. The lowest BCUT2D eigenvalue weighted by Gasteiger charge is -2.16. The van der Waals surface area contributed by atoms with Gasteiger partial charge in [0.2, 0.25) is 0 Å². The summed E-state index contributed by atoms with van der Waals surface area (Å²) in [5, 5.41) is 6.48. The third-order valence-corrected chi connectivity index (χ3v) is 4.68. The third kappa shape index (κ3) is 3.58. The fourth-order valence-electron chi connectivity index (χ4n) is 1.83. The van der Waals surface area contributed by atoms with Crippen molar-refractivity contribution in [1.82, 2.24) is 5.32 Å². The molecular formula is C14H15BrClNS. The molecule has 0 aliphatic rings. The van der Waals surface area contributed by atoms with Crippen LogP contribution in [0.2, 0.25) is 5.02 Å². The lowest BCUT2D eigenvalue weighted by atomic mass is 10.1. The predicted molar refractivity (Wildman–Crippen MR) is 83.3 cm³/mol. The fraction of sp³-hybridized carbons (Fsp3) is 0.286. The van der Waals surface area contributed by atoms with E-state index in [-0.39, 0.29) is 0 Å². The van der Waals surface area contributed by atoms with Crippen molar-refractivity contribution < 1.29 is 0 Å². The normalized spacial score (nSPS) is 12.6. The quantitative estimate of drug-likeness (QED) is 0.765. The topological polar surface area (TPSA) is 12.0 Å². The van der Waals surface area contributed by atoms with Gasteiger partial charge in [0, 0.05) is 27.0 Å². The molecule has 1 aromatic carbocycles. The van der Waals surface area contributed by atoms with Crippen molar-refractivity contribution in [3.63, 3.8) is 0 Å². The van der Waals surface area contributed by atoms with E-state index >= 15 is 0 Å². The van der Waals surface area contributed by atoms with E-state index < -0.39 is 0 Å². The molecule has 0 aliphatic heterocycles. The smallest absolute Gasteiger partial charge is 0.0462 e. The van der Waals surface area contributed by atoms with E-state index in [4.69, 9.17) is 11.6 Å². The molecule has 0 fully saturated rings. The van der Waals surface area contributed by atoms with E-state index in [9.17, 15) is 0 Å². The first-order valence-electron chi connectivity index (χ1n) is 5.91. The maximum atomic E-state index is 6.21. The average molecular weight is 345 g/mol. The molecule has 0 radical (unpaired) electrons. The average Bonchev–Trinajstić information content (AvgIpc) is 2.86. The first-order chi connectivity index (χ1) is 8.70. The molecule has 1 atom stereocenters. The van der Waals surface area contributed by atoms with E-state index in [0.29, 0.717) is 6.04 Å². The minimum Gasteiger partial charge on any atom is -0.305 e. The zero-order valence-electron chi connectivity index (χ0n) is 10.1. The number of rotatable bonds is 5. The van der Waals surface area contributed by atoms with Crippen LogP contribution < -0.4 is 5.32 Å². The molecule has 0 spiro atoms. The molecule has 0 saturated carbocycles. The van der Waals surface area contributed by atoms with Gasteiger partial charge >= 0.3 is 0 Å². The van der Waals surface area contributed by atoms with E-state index in [0.717, 1.165) is 28.0 Å². The Labute approximate surface area is 125 Å². The highest BCUT2D eigenvalue weighted by Gasteiger charge is 2.10. The Morgan fingerprint density at radius 3 is 2.83 bits per heavy atom. The molecule has 0 aliphatic carbocycles. The molecule has 18 heavy (non-hydrogen) atoms. The van der Waals surface area contributed by atoms with Gasteiger partial charge in [-0.05, 0) is 35.6 Å². The minimum atomic E-state index is 0.407. The number of halogens is 2. The van der Waals surface area contributed by atoms with Crippen molar-refractivity contribution in [3.05, 3.63) is 55.6 Å². The lowest BCUT2D eigenvalue weighted by Crippen LogP contribution is -2.19. The lowest BCUT2D eigenvalue weighted by molar-refractivity contribution is 0.526. The number of hydrogen-bond acceptors (Lipinski definition) is 2. The van der Waals surface area contributed by atoms with Crippen molar-refractivity contribution in [1.29, 1.82) is 0 Å². The molecule has 1 heterocycles. The summed E-state index contributed by atoms with van der Waals surface area (Å²) in [6.07, 6.45) is 1.08. The molecule has 0 amide bonds. The van der Waals surface area contributed by atoms with Gasteiger partial charge < -0.3 is 5.32 Å². The highest BCUT2D eigenvalue weighted by molar-refractivity contribution is 9.10. The first-order valence-corrected chi connectivity index (χ1v) is 7.96. The van der Waals surface area contributed by atoms with Crippen LogP contribution in [0.5, 0.6) is 0 Å². The van der Waals surface area contributed by atoms with E-state index in [1.807, 2.05) is 12.1 Å². The van der Waals surface area contributed by atoms with Crippen molar-refractivity contribution in [3.8, 4) is 0 Å². The van der Waals surface area contributed by atoms with Crippen LogP contribution in [0, 0.1) is 0 Å². The second-order valence-electron chi connectivity index (χ2n) is 4.09. The van der Waals surface area contributed by atoms with Crippen LogP contribution >= 0.6 is 38.9 Å². The third-order valence-electron chi connectivity index (χ3n) is 2.85. The Kier molecular flexibility index (Phi) is 5.25. The van der Waals surface area contributed by atoms with Gasteiger partial charge in [0.25, 0.3) is 0 Å². The highest BCUT2D eigenvalue weighted by Crippen LogP contribution is 2.24. The maximum absolute atomic E-state index is 6.21. The maximum Gasteiger partial charge on any atom is 0.0462 e. The van der Waals surface area contributed by atoms with Crippen LogP contribution in [0.15, 0.2) is 40.2 Å². The van der Waals surface area contributed by atoms with Gasteiger partial charge in [-0.15, -0.1) is 11.3 Å². The molecule has 0 saturated heterocycles. The molecule has 0 bridgehead atoms. The summed E-state index contributed by atoms with van der Waals surface area (Å²) in [4.78, 5) is 1.38. The molecule has 96 valence electrons. The van der Waals surface area contributed by atoms with Crippen LogP contribution in [0.25, 0.3) is 0 Å². The van der Waals surface area contributed by atoms with Crippen molar-refractivity contribution >= 4 is 38.9 Å². The van der Waals surface area contributed by atoms with Gasteiger partial charge in [0.1, 0.15) is 0 Å². The Morgan fingerprint density at radius 2 is 2.22 bits per heavy atom. The molecule has 4 heteroatoms. The van der Waals surface area contributed by atoms with Gasteiger partial charge in [-0.2, -0.15) is 0 Å². The van der Waals surface area contributed by atoms with Crippen molar-refractivity contribution in [2.45, 2.75) is 25.9 Å². The summed E-state index contributed by atoms with van der Waals surface area (Å²) in [6.45, 7) is 2.99. The first kappa shape index (κ1) is 14.1. The molecule has 2 aromatic rings. The second-order valence-corrected chi connectivity index (χ2v) is 6.40. The molecule has 2 rings (SSSR count). The number of hydrogen-bond donors (Lipinski definition) is 1. The van der Waals surface area contributed by atoms with Gasteiger partial charge in [0.15, 0.2) is 0 Å². The second kappa shape index (κ2) is 6.71. The summed E-state index contributed by atoms with van der Waals surface area (Å²) in [7, 11) is 0. The Morgan fingerprint density at radius 1 is 1.39 bits per heavy atom. The molecule has 1 N–H and O–H groups in total. The Balaban J connectivity index is 2.02. The largest absolute Gasteiger partial charge is 0.305 e. The van der Waals surface area contributed by atoms with Gasteiger partial charge in [-0.1, -0.05) is 46.6 Å². The summed E-state index contributed by atoms with van der Waals surface area (Å²) in [6, 6.07) is 10.7. The minimum absolute atomic E-state index is 0.407. The van der Waals surface area contributed by atoms with E-state index in [2.05, 4.69) is 51.7 Å². The van der Waals surface area contributed by atoms with Crippen LogP contribution in [-0.2, 0) is 6.54 Å². The summed E-state index contributed by atoms with van der Waals surface area (Å²) in [5.74, 6) is 0. The summed E-state index contributed by atoms with van der Waals surface area (Å²) in [5.41, 5.74) is 1.13. The van der Waals surface area contributed by atoms with Gasteiger partial charge in [0.05, 0.1) is 0 Å². The highest BCUT2D eigenvalue weighted by atomic mass is 79.9. The zero-order valence-corrected chi connectivity index (χ0v) is 13.3. The molecule has 1 nitrogen and oxygen atoms in total. The molecule has 1 aromatic heterocycles. The zero-order chi connectivity index (χ0) is 13.0. The Hall–Kier alpha value is -0.350. The number of thiophene rings is 1. The fourth-order valence-corrected chi connectivity index (χ4v) is 3.46. The van der Waals surface area contributed by atoms with Crippen LogP contribution in [0.4, 0.5) is 0 Å².